The summed E-state index contributed by atoms with van der Waals surface area (Å²) in [7, 11) is 0. The number of allylic oxidation sites excluding steroid dienone is 18. The molecular formula is C76H109Li5O2. The molecule has 0 bridgehead atoms. The second kappa shape index (κ2) is 70.1. The van der Waals surface area contributed by atoms with Crippen molar-refractivity contribution in [3.8, 4) is 0 Å². The monoisotopic (exact) mass is 1090 g/mol. The van der Waals surface area contributed by atoms with Crippen LogP contribution in [-0.2, 0) is 9.47 Å². The SMILES string of the molecule is C1CCOC1.C1CCOC1.C=Cc1ccccc1.C=Cc1ccccc1.CCC(C)CC(CC=C1C=CC=C[CH-]1)c1ccccc1.CCC(C)CC=C1C=CC=C[CH-]1.CCC(C)CC=C1C=CC=C[CH-]1.C[CH-]CC.C[CH-]CC.[Li+].[Li+].[Li+].[Li+].[Li+]. The maximum Gasteiger partial charge on any atom is 1.00 e. The minimum atomic E-state index is 0. The topological polar surface area (TPSA) is 18.5 Å². The number of hydrogen-bond acceptors (Lipinski definition) is 2. The van der Waals surface area contributed by atoms with E-state index in [2.05, 4.69) is 236 Å². The molecule has 430 valence electrons. The second-order valence-electron chi connectivity index (χ2n) is 19.9. The summed E-state index contributed by atoms with van der Waals surface area (Å²) in [5.74, 6) is 3.03. The molecule has 0 spiro atoms. The van der Waals surface area contributed by atoms with Gasteiger partial charge in [-0.25, -0.2) is 0 Å². The van der Waals surface area contributed by atoms with Crippen LogP contribution < -0.4 is 94.3 Å². The molecule has 7 heteroatoms. The summed E-state index contributed by atoms with van der Waals surface area (Å²) in [6, 6.07) is 31.0. The molecule has 8 rings (SSSR count). The zero-order chi connectivity index (χ0) is 57.4. The largest absolute Gasteiger partial charge is 1.00 e. The Balaban J connectivity index is -0.000000210. The molecule has 0 amide bonds. The van der Waals surface area contributed by atoms with E-state index in [4.69, 9.17) is 9.47 Å². The van der Waals surface area contributed by atoms with E-state index in [1.54, 1.807) is 0 Å². The molecule has 3 aromatic carbocycles. The van der Waals surface area contributed by atoms with Crippen molar-refractivity contribution < 1.29 is 104 Å². The van der Waals surface area contributed by atoms with Gasteiger partial charge in [-0.05, 0) is 72.5 Å². The third-order valence-electron chi connectivity index (χ3n) is 13.1. The molecule has 0 N–H and O–H groups in total. The van der Waals surface area contributed by atoms with E-state index in [0.29, 0.717) is 5.92 Å². The van der Waals surface area contributed by atoms with Crippen molar-refractivity contribution in [2.75, 3.05) is 26.4 Å². The Bertz CT molecular complexity index is 1980. The Kier molecular flexibility index (Phi) is 77.2. The maximum absolute atomic E-state index is 4.94. The minimum absolute atomic E-state index is 0. The van der Waals surface area contributed by atoms with E-state index in [9.17, 15) is 0 Å². The van der Waals surface area contributed by atoms with Gasteiger partial charge in [-0.3, -0.25) is 0 Å². The Hall–Kier alpha value is -2.68. The van der Waals surface area contributed by atoms with Gasteiger partial charge in [0.15, 0.2) is 0 Å². The van der Waals surface area contributed by atoms with Crippen molar-refractivity contribution in [2.45, 2.75) is 159 Å². The molecule has 3 aliphatic carbocycles. The smallest absolute Gasteiger partial charge is 0.381 e. The van der Waals surface area contributed by atoms with Gasteiger partial charge in [0.2, 0.25) is 0 Å². The summed E-state index contributed by atoms with van der Waals surface area (Å²) in [5.41, 5.74) is 7.84. The summed E-state index contributed by atoms with van der Waals surface area (Å²) in [4.78, 5) is 0. The normalized spacial score (nSPS) is 15.9. The van der Waals surface area contributed by atoms with E-state index < -0.39 is 0 Å². The summed E-state index contributed by atoms with van der Waals surface area (Å²) in [6.07, 6.45) is 62.7. The van der Waals surface area contributed by atoms with Crippen molar-refractivity contribution in [2.24, 2.45) is 17.8 Å². The van der Waals surface area contributed by atoms with Crippen LogP contribution >= 0.6 is 0 Å². The molecule has 0 radical (unpaired) electrons. The van der Waals surface area contributed by atoms with Gasteiger partial charge in [-0.15, -0.1) is 92.2 Å². The molecule has 2 fully saturated rings. The quantitative estimate of drug-likeness (QED) is 0.108. The predicted molar refractivity (Wildman–Crippen MR) is 352 cm³/mol. The van der Waals surface area contributed by atoms with Crippen LogP contribution in [0.1, 0.15) is 175 Å². The van der Waals surface area contributed by atoms with Gasteiger partial charge in [0.25, 0.3) is 0 Å². The molecule has 4 unspecified atom stereocenters. The van der Waals surface area contributed by atoms with Crippen LogP contribution in [0.2, 0.25) is 0 Å². The van der Waals surface area contributed by atoms with Crippen LogP contribution in [0.5, 0.6) is 0 Å². The van der Waals surface area contributed by atoms with Gasteiger partial charge in [-0.2, -0.15) is 61.6 Å². The predicted octanol–water partition coefficient (Wildman–Crippen LogP) is 7.73. The average Bonchev–Trinajstić information content (AvgIpc) is 4.33. The zero-order valence-corrected chi connectivity index (χ0v) is 55.9. The van der Waals surface area contributed by atoms with E-state index >= 15 is 0 Å². The number of unbranched alkanes of at least 4 members (excludes halogenated alkanes) is 2. The van der Waals surface area contributed by atoms with E-state index in [-0.39, 0.29) is 94.3 Å². The Morgan fingerprint density at radius 3 is 0.976 bits per heavy atom. The molecule has 4 atom stereocenters. The molecular weight excluding hydrogens is 980 g/mol. The van der Waals surface area contributed by atoms with E-state index in [0.717, 1.165) is 50.6 Å². The molecule has 2 aliphatic heterocycles. The second-order valence-corrected chi connectivity index (χ2v) is 19.9. The maximum atomic E-state index is 4.94. The van der Waals surface area contributed by atoms with Crippen molar-refractivity contribution in [1.82, 2.24) is 0 Å². The number of hydrogen-bond donors (Lipinski definition) is 0. The van der Waals surface area contributed by atoms with Crippen LogP contribution in [0.3, 0.4) is 0 Å². The van der Waals surface area contributed by atoms with Crippen molar-refractivity contribution in [1.29, 1.82) is 0 Å². The Morgan fingerprint density at radius 1 is 0.446 bits per heavy atom. The summed E-state index contributed by atoms with van der Waals surface area (Å²) in [6.45, 7) is 33.3. The summed E-state index contributed by atoms with van der Waals surface area (Å²) < 4.78 is 9.89. The van der Waals surface area contributed by atoms with Crippen molar-refractivity contribution in [3.05, 3.63) is 261 Å². The summed E-state index contributed by atoms with van der Waals surface area (Å²) >= 11 is 0. The van der Waals surface area contributed by atoms with Crippen molar-refractivity contribution >= 4 is 12.2 Å². The van der Waals surface area contributed by atoms with Gasteiger partial charge < -0.3 is 22.3 Å². The van der Waals surface area contributed by atoms with Crippen LogP contribution in [-0.4, -0.2) is 26.4 Å². The molecule has 0 saturated carbocycles. The van der Waals surface area contributed by atoms with Gasteiger partial charge in [-0.1, -0.05) is 210 Å². The third kappa shape index (κ3) is 58.1. The van der Waals surface area contributed by atoms with Crippen LogP contribution in [0.25, 0.3) is 12.2 Å². The molecule has 5 aliphatic rings. The van der Waals surface area contributed by atoms with Gasteiger partial charge in [0.05, 0.1) is 0 Å². The summed E-state index contributed by atoms with van der Waals surface area (Å²) in [5, 5.41) is 0. The molecule has 2 saturated heterocycles. The molecule has 0 aromatic heterocycles. The van der Waals surface area contributed by atoms with Crippen molar-refractivity contribution in [3.63, 3.8) is 0 Å². The minimum Gasteiger partial charge on any atom is -0.381 e. The standard InChI is InChI=1S/C20H25.2C12H17.2C8H8.2C4H8O.2C4H9.5Li/c1-3-17(2)16-20(19-12-8-5-9-13-19)15-14-18-10-6-4-7-11-18;2*1-3-11(2)9-10-12-7-5-4-6-8-12;2*1-2-8-6-4-3-5-7-8;2*1-2-4-5-3-1;2*1-3-4-2;;;;;/h4-14,17,20H,3,15-16H2,1-2H3;2*4-8,10-11H,3,9H2,1-2H3;2*2-7H,1H2;2*1-4H2;2*3H,4H2,1-2H3;;;;;/q3*-1;;;;;2*-1;5*+1. The Labute approximate surface area is 574 Å². The fourth-order valence-electron chi connectivity index (χ4n) is 7.00. The van der Waals surface area contributed by atoms with E-state index in [1.807, 2.05) is 72.8 Å². The first-order valence-electron chi connectivity index (χ1n) is 29.9. The van der Waals surface area contributed by atoms with Gasteiger partial charge in [0.1, 0.15) is 0 Å². The van der Waals surface area contributed by atoms with Crippen LogP contribution in [0.4, 0.5) is 0 Å². The van der Waals surface area contributed by atoms with Crippen LogP contribution in [0, 0.1) is 49.9 Å². The fourth-order valence-corrected chi connectivity index (χ4v) is 7.00. The average molecular weight is 1090 g/mol. The van der Waals surface area contributed by atoms with Gasteiger partial charge in [0, 0.05) is 26.4 Å². The molecule has 2 heterocycles. The Morgan fingerprint density at radius 2 is 0.747 bits per heavy atom. The first-order chi connectivity index (χ1) is 38.1. The third-order valence-corrected chi connectivity index (χ3v) is 13.1. The first kappa shape index (κ1) is 91.5. The van der Waals surface area contributed by atoms with Gasteiger partial charge >= 0.3 is 94.3 Å². The molecule has 2 nitrogen and oxygen atoms in total. The fraction of sp³-hybridized carbons (Fsp3) is 0.408. The number of rotatable bonds is 16. The number of ether oxygens (including phenoxy) is 2. The van der Waals surface area contributed by atoms with Crippen LogP contribution in [0.15, 0.2) is 212 Å². The van der Waals surface area contributed by atoms with E-state index in [1.165, 1.54) is 110 Å². The first-order valence-corrected chi connectivity index (χ1v) is 29.9. The number of benzene rings is 3. The molecule has 3 aromatic rings. The molecule has 83 heavy (non-hydrogen) atoms. The zero-order valence-electron chi connectivity index (χ0n) is 55.9.